The molecule has 0 aliphatic rings. The molecule has 0 aromatic heterocycles. The van der Waals surface area contributed by atoms with Crippen molar-refractivity contribution in [1.29, 1.82) is 0 Å². The van der Waals surface area contributed by atoms with Gasteiger partial charge in [-0.15, -0.1) is 0 Å². The van der Waals surface area contributed by atoms with E-state index < -0.39 is 5.97 Å². The number of nitrogens with one attached hydrogen (secondary N) is 1. The molecule has 0 radical (unpaired) electrons. The summed E-state index contributed by atoms with van der Waals surface area (Å²) in [6.45, 7) is 3.88. The Bertz CT molecular complexity index is 454. The number of aromatic carboxylic acids is 1. The lowest BCUT2D eigenvalue weighted by Crippen LogP contribution is -2.14. The van der Waals surface area contributed by atoms with Gasteiger partial charge >= 0.3 is 5.97 Å². The van der Waals surface area contributed by atoms with E-state index in [0.717, 1.165) is 0 Å². The summed E-state index contributed by atoms with van der Waals surface area (Å²) in [6, 6.07) is 4.53. The largest absolute Gasteiger partial charge is 0.496 e. The number of hydrogen-bond acceptors (Lipinski definition) is 3. The first-order valence-electron chi connectivity index (χ1n) is 5.65. The van der Waals surface area contributed by atoms with Crippen LogP contribution in [0, 0.1) is 5.92 Å². The molecule has 5 nitrogen and oxygen atoms in total. The van der Waals surface area contributed by atoms with Crippen LogP contribution in [0.5, 0.6) is 5.75 Å². The molecule has 0 aliphatic heterocycles. The minimum absolute atomic E-state index is 0.0276. The molecule has 0 atom stereocenters. The maximum Gasteiger partial charge on any atom is 0.339 e. The zero-order valence-corrected chi connectivity index (χ0v) is 10.7. The second-order valence-corrected chi connectivity index (χ2v) is 4.37. The van der Waals surface area contributed by atoms with Gasteiger partial charge in [0.1, 0.15) is 11.3 Å². The minimum atomic E-state index is -1.09. The Morgan fingerprint density at radius 2 is 2.06 bits per heavy atom. The number of anilines is 1. The number of carbonyl (C=O) groups is 2. The summed E-state index contributed by atoms with van der Waals surface area (Å²) >= 11 is 0. The zero-order valence-electron chi connectivity index (χ0n) is 10.7. The van der Waals surface area contributed by atoms with E-state index in [4.69, 9.17) is 9.84 Å². The van der Waals surface area contributed by atoms with E-state index in [9.17, 15) is 9.59 Å². The van der Waals surface area contributed by atoms with Crippen LogP contribution < -0.4 is 10.1 Å². The summed E-state index contributed by atoms with van der Waals surface area (Å²) in [5, 5.41) is 11.7. The van der Waals surface area contributed by atoms with Gasteiger partial charge in [0.05, 0.1) is 7.11 Å². The normalized spacial score (nSPS) is 10.2. The third-order valence-electron chi connectivity index (χ3n) is 2.31. The molecule has 1 amide bonds. The van der Waals surface area contributed by atoms with E-state index in [2.05, 4.69) is 5.32 Å². The van der Waals surface area contributed by atoms with Gasteiger partial charge in [-0.05, 0) is 24.1 Å². The smallest absolute Gasteiger partial charge is 0.339 e. The van der Waals surface area contributed by atoms with Crippen molar-refractivity contribution in [3.05, 3.63) is 23.8 Å². The lowest BCUT2D eigenvalue weighted by Gasteiger charge is -2.10. The van der Waals surface area contributed by atoms with Gasteiger partial charge in [0.2, 0.25) is 5.91 Å². The SMILES string of the molecule is COc1ccc(NC(=O)CC(C)C)cc1C(=O)O. The van der Waals surface area contributed by atoms with Gasteiger partial charge in [0.25, 0.3) is 0 Å². The average Bonchev–Trinajstić information content (AvgIpc) is 2.27. The number of hydrogen-bond donors (Lipinski definition) is 2. The number of carboxylic acid groups (broad SMARTS) is 1. The first-order valence-corrected chi connectivity index (χ1v) is 5.65. The molecule has 0 fully saturated rings. The summed E-state index contributed by atoms with van der Waals surface area (Å²) in [5.41, 5.74) is 0.485. The molecule has 0 saturated carbocycles. The summed E-state index contributed by atoms with van der Waals surface area (Å²) in [5.74, 6) is -0.704. The van der Waals surface area contributed by atoms with Gasteiger partial charge < -0.3 is 15.2 Å². The molecule has 2 N–H and O–H groups in total. The maximum absolute atomic E-state index is 11.6. The van der Waals surface area contributed by atoms with Gasteiger partial charge in [-0.3, -0.25) is 4.79 Å². The molecule has 0 spiro atoms. The Kier molecular flexibility index (Phi) is 4.71. The minimum Gasteiger partial charge on any atom is -0.496 e. The van der Waals surface area contributed by atoms with E-state index in [0.29, 0.717) is 12.1 Å². The highest BCUT2D eigenvalue weighted by Gasteiger charge is 2.13. The van der Waals surface area contributed by atoms with Gasteiger partial charge in [0, 0.05) is 12.1 Å². The van der Waals surface area contributed by atoms with Gasteiger partial charge in [-0.25, -0.2) is 4.79 Å². The van der Waals surface area contributed by atoms with Crippen molar-refractivity contribution < 1.29 is 19.4 Å². The highest BCUT2D eigenvalue weighted by molar-refractivity contribution is 5.95. The number of rotatable bonds is 5. The molecule has 0 unspecified atom stereocenters. The number of methoxy groups -OCH3 is 1. The molecule has 0 bridgehead atoms. The molecule has 18 heavy (non-hydrogen) atoms. The van der Waals surface area contributed by atoms with Gasteiger partial charge in [-0.2, -0.15) is 0 Å². The molecular weight excluding hydrogens is 234 g/mol. The fourth-order valence-corrected chi connectivity index (χ4v) is 1.54. The Hall–Kier alpha value is -2.04. The Labute approximate surface area is 106 Å². The topological polar surface area (TPSA) is 75.6 Å². The van der Waals surface area contributed by atoms with Crippen molar-refractivity contribution in [3.8, 4) is 5.75 Å². The molecule has 1 aromatic carbocycles. The summed E-state index contributed by atoms with van der Waals surface area (Å²) in [6.07, 6.45) is 0.397. The number of ether oxygens (including phenoxy) is 1. The van der Waals surface area contributed by atoms with Crippen molar-refractivity contribution in [2.75, 3.05) is 12.4 Å². The van der Waals surface area contributed by atoms with Crippen LogP contribution in [0.4, 0.5) is 5.69 Å². The molecule has 98 valence electrons. The molecule has 5 heteroatoms. The molecular formula is C13H17NO4. The van der Waals surface area contributed by atoms with Gasteiger partial charge in [0.15, 0.2) is 0 Å². The van der Waals surface area contributed by atoms with Crippen LogP contribution >= 0.6 is 0 Å². The van der Waals surface area contributed by atoms with Crippen LogP contribution in [-0.2, 0) is 4.79 Å². The average molecular weight is 251 g/mol. The third kappa shape index (κ3) is 3.76. The lowest BCUT2D eigenvalue weighted by molar-refractivity contribution is -0.116. The molecule has 0 heterocycles. The lowest BCUT2D eigenvalue weighted by atomic mass is 10.1. The van der Waals surface area contributed by atoms with Crippen molar-refractivity contribution in [2.24, 2.45) is 5.92 Å². The highest BCUT2D eigenvalue weighted by atomic mass is 16.5. The summed E-state index contributed by atoms with van der Waals surface area (Å²) in [7, 11) is 1.40. The molecule has 0 saturated heterocycles. The first-order chi connectivity index (χ1) is 8.43. The molecule has 0 aliphatic carbocycles. The van der Waals surface area contributed by atoms with Crippen molar-refractivity contribution in [1.82, 2.24) is 0 Å². The standard InChI is InChI=1S/C13H17NO4/c1-8(2)6-12(15)14-9-4-5-11(18-3)10(7-9)13(16)17/h4-5,7-8H,6H2,1-3H3,(H,14,15)(H,16,17). The zero-order chi connectivity index (χ0) is 13.7. The van der Waals surface area contributed by atoms with Crippen LogP contribution in [0.25, 0.3) is 0 Å². The Balaban J connectivity index is 2.88. The van der Waals surface area contributed by atoms with Crippen LogP contribution in [0.1, 0.15) is 30.6 Å². The number of carboxylic acids is 1. The van der Waals surface area contributed by atoms with Crippen LogP contribution in [0.3, 0.4) is 0 Å². The molecule has 1 aromatic rings. The maximum atomic E-state index is 11.6. The van der Waals surface area contributed by atoms with E-state index in [1.807, 2.05) is 13.8 Å². The summed E-state index contributed by atoms with van der Waals surface area (Å²) < 4.78 is 4.94. The first kappa shape index (κ1) is 14.0. The third-order valence-corrected chi connectivity index (χ3v) is 2.31. The van der Waals surface area contributed by atoms with Crippen LogP contribution in [0.15, 0.2) is 18.2 Å². The fourth-order valence-electron chi connectivity index (χ4n) is 1.54. The van der Waals surface area contributed by atoms with E-state index in [1.54, 1.807) is 6.07 Å². The second kappa shape index (κ2) is 6.05. The van der Waals surface area contributed by atoms with Crippen molar-refractivity contribution in [2.45, 2.75) is 20.3 Å². The van der Waals surface area contributed by atoms with Crippen LogP contribution in [-0.4, -0.2) is 24.1 Å². The Morgan fingerprint density at radius 3 is 2.56 bits per heavy atom. The van der Waals surface area contributed by atoms with Gasteiger partial charge in [-0.1, -0.05) is 13.8 Å². The summed E-state index contributed by atoms with van der Waals surface area (Å²) in [4.78, 5) is 22.6. The van der Waals surface area contributed by atoms with E-state index in [-0.39, 0.29) is 23.1 Å². The number of amides is 1. The van der Waals surface area contributed by atoms with Crippen LogP contribution in [0.2, 0.25) is 0 Å². The Morgan fingerprint density at radius 1 is 1.39 bits per heavy atom. The van der Waals surface area contributed by atoms with Crippen molar-refractivity contribution in [3.63, 3.8) is 0 Å². The van der Waals surface area contributed by atoms with E-state index in [1.165, 1.54) is 19.2 Å². The number of carbonyl (C=O) groups excluding carboxylic acids is 1. The monoisotopic (exact) mass is 251 g/mol. The predicted molar refractivity (Wildman–Crippen MR) is 68.0 cm³/mol. The highest BCUT2D eigenvalue weighted by Crippen LogP contribution is 2.22. The van der Waals surface area contributed by atoms with E-state index >= 15 is 0 Å². The quantitative estimate of drug-likeness (QED) is 0.842. The second-order valence-electron chi connectivity index (χ2n) is 4.37. The van der Waals surface area contributed by atoms with Crippen molar-refractivity contribution >= 4 is 17.6 Å². The predicted octanol–water partition coefficient (Wildman–Crippen LogP) is 2.38. The fraction of sp³-hybridized carbons (Fsp3) is 0.385. The number of benzene rings is 1. The molecule has 1 rings (SSSR count).